The Morgan fingerprint density at radius 1 is 1.36 bits per heavy atom. The lowest BCUT2D eigenvalue weighted by Gasteiger charge is -1.91. The summed E-state index contributed by atoms with van der Waals surface area (Å²) in [5.41, 5.74) is 2.32. The number of furan rings is 1. The predicted octanol–water partition coefficient (Wildman–Crippen LogP) is 2.75. The standard InChI is InChI=1S/C11H10O3/c1-6-4-3-5-8-7(2)10(11(12)13)14-9(6)8/h3-5H,1-2H3,(H,12,13). The zero-order valence-electron chi connectivity index (χ0n) is 8.00. The van der Waals surface area contributed by atoms with E-state index in [1.807, 2.05) is 25.1 Å². The van der Waals surface area contributed by atoms with Gasteiger partial charge in [-0.15, -0.1) is 0 Å². The van der Waals surface area contributed by atoms with E-state index in [1.54, 1.807) is 6.92 Å². The van der Waals surface area contributed by atoms with Gasteiger partial charge in [-0.2, -0.15) is 0 Å². The Hall–Kier alpha value is -1.77. The minimum Gasteiger partial charge on any atom is -0.475 e. The van der Waals surface area contributed by atoms with Gasteiger partial charge in [0.05, 0.1) is 0 Å². The first-order valence-electron chi connectivity index (χ1n) is 4.33. The summed E-state index contributed by atoms with van der Waals surface area (Å²) in [7, 11) is 0. The molecule has 0 aliphatic carbocycles. The lowest BCUT2D eigenvalue weighted by atomic mass is 10.1. The number of carbonyl (C=O) groups is 1. The summed E-state index contributed by atoms with van der Waals surface area (Å²) in [6.07, 6.45) is 0. The van der Waals surface area contributed by atoms with Crippen LogP contribution in [0.5, 0.6) is 0 Å². The van der Waals surface area contributed by atoms with Crippen molar-refractivity contribution >= 4 is 16.9 Å². The molecule has 1 aromatic heterocycles. The molecule has 0 radical (unpaired) electrons. The SMILES string of the molecule is Cc1c(C(=O)O)oc2c(C)cccc12. The molecule has 0 saturated heterocycles. The van der Waals surface area contributed by atoms with E-state index in [1.165, 1.54) is 0 Å². The summed E-state index contributed by atoms with van der Waals surface area (Å²) in [4.78, 5) is 10.8. The van der Waals surface area contributed by atoms with E-state index in [4.69, 9.17) is 9.52 Å². The Morgan fingerprint density at radius 3 is 2.64 bits per heavy atom. The molecule has 0 atom stereocenters. The summed E-state index contributed by atoms with van der Waals surface area (Å²) in [5.74, 6) is -0.979. The summed E-state index contributed by atoms with van der Waals surface area (Å²) in [5, 5.41) is 9.74. The van der Waals surface area contributed by atoms with Gasteiger partial charge >= 0.3 is 5.97 Å². The van der Waals surface area contributed by atoms with Crippen LogP contribution in [0.1, 0.15) is 21.7 Å². The molecule has 2 rings (SSSR count). The van der Waals surface area contributed by atoms with Gasteiger partial charge in [-0.05, 0) is 19.4 Å². The molecule has 14 heavy (non-hydrogen) atoms. The Kier molecular flexibility index (Phi) is 1.81. The van der Waals surface area contributed by atoms with E-state index in [2.05, 4.69) is 0 Å². The van der Waals surface area contributed by atoms with Crippen LogP contribution in [0.3, 0.4) is 0 Å². The lowest BCUT2D eigenvalue weighted by Crippen LogP contribution is -1.94. The van der Waals surface area contributed by atoms with Crippen LogP contribution < -0.4 is 0 Å². The fraction of sp³-hybridized carbons (Fsp3) is 0.182. The van der Waals surface area contributed by atoms with Gasteiger partial charge in [-0.25, -0.2) is 4.79 Å². The number of para-hydroxylation sites is 1. The Morgan fingerprint density at radius 2 is 2.07 bits per heavy atom. The fourth-order valence-corrected chi connectivity index (χ4v) is 1.59. The largest absolute Gasteiger partial charge is 0.475 e. The van der Waals surface area contributed by atoms with E-state index < -0.39 is 5.97 Å². The molecule has 0 aliphatic rings. The molecule has 1 heterocycles. The van der Waals surface area contributed by atoms with E-state index in [0.717, 1.165) is 10.9 Å². The second-order valence-corrected chi connectivity index (χ2v) is 3.31. The molecule has 0 unspecified atom stereocenters. The zero-order valence-corrected chi connectivity index (χ0v) is 8.00. The van der Waals surface area contributed by atoms with Gasteiger partial charge in [-0.1, -0.05) is 18.2 Å². The molecule has 2 aromatic rings. The number of carboxylic acids is 1. The first-order chi connectivity index (χ1) is 6.61. The number of carboxylic acid groups (broad SMARTS) is 1. The van der Waals surface area contributed by atoms with Gasteiger partial charge in [0.15, 0.2) is 0 Å². The maximum absolute atomic E-state index is 10.8. The van der Waals surface area contributed by atoms with Crippen LogP contribution in [0.4, 0.5) is 0 Å². The smallest absolute Gasteiger partial charge is 0.372 e. The predicted molar refractivity (Wildman–Crippen MR) is 52.6 cm³/mol. The van der Waals surface area contributed by atoms with Gasteiger partial charge in [0.25, 0.3) is 0 Å². The molecule has 3 heteroatoms. The molecule has 72 valence electrons. The van der Waals surface area contributed by atoms with Gasteiger partial charge in [0.1, 0.15) is 5.58 Å². The summed E-state index contributed by atoms with van der Waals surface area (Å²) in [6, 6.07) is 5.66. The number of aryl methyl sites for hydroxylation is 2. The van der Waals surface area contributed by atoms with Gasteiger partial charge in [0.2, 0.25) is 5.76 Å². The minimum atomic E-state index is -1.02. The molecule has 3 nitrogen and oxygen atoms in total. The topological polar surface area (TPSA) is 50.4 Å². The van der Waals surface area contributed by atoms with E-state index in [-0.39, 0.29) is 5.76 Å². The van der Waals surface area contributed by atoms with Crippen molar-refractivity contribution in [1.29, 1.82) is 0 Å². The normalized spacial score (nSPS) is 10.7. The van der Waals surface area contributed by atoms with Crippen molar-refractivity contribution in [1.82, 2.24) is 0 Å². The van der Waals surface area contributed by atoms with Crippen LogP contribution in [0.2, 0.25) is 0 Å². The molecule has 0 amide bonds. The highest BCUT2D eigenvalue weighted by Gasteiger charge is 2.16. The molecular formula is C11H10O3. The quantitative estimate of drug-likeness (QED) is 0.752. The summed E-state index contributed by atoms with van der Waals surface area (Å²) < 4.78 is 5.29. The summed E-state index contributed by atoms with van der Waals surface area (Å²) in [6.45, 7) is 3.66. The highest BCUT2D eigenvalue weighted by molar-refractivity contribution is 5.95. The number of aromatic carboxylic acids is 1. The van der Waals surface area contributed by atoms with Crippen molar-refractivity contribution in [3.05, 3.63) is 35.1 Å². The number of hydrogen-bond donors (Lipinski definition) is 1. The monoisotopic (exact) mass is 190 g/mol. The minimum absolute atomic E-state index is 0.0364. The highest BCUT2D eigenvalue weighted by Crippen LogP contribution is 2.27. The molecule has 0 saturated carbocycles. The van der Waals surface area contributed by atoms with Gasteiger partial charge in [-0.3, -0.25) is 0 Å². The molecule has 0 aliphatic heterocycles. The third kappa shape index (κ3) is 1.09. The number of rotatable bonds is 1. The number of fused-ring (bicyclic) bond motifs is 1. The van der Waals surface area contributed by atoms with Crippen LogP contribution in [0.15, 0.2) is 22.6 Å². The highest BCUT2D eigenvalue weighted by atomic mass is 16.4. The number of benzene rings is 1. The lowest BCUT2D eigenvalue weighted by molar-refractivity contribution is 0.0664. The number of hydrogen-bond acceptors (Lipinski definition) is 2. The van der Waals surface area contributed by atoms with Crippen molar-refractivity contribution in [3.63, 3.8) is 0 Å². The van der Waals surface area contributed by atoms with Gasteiger partial charge < -0.3 is 9.52 Å². The molecule has 1 N–H and O–H groups in total. The van der Waals surface area contributed by atoms with Crippen LogP contribution in [-0.4, -0.2) is 11.1 Å². The van der Waals surface area contributed by atoms with Crippen LogP contribution >= 0.6 is 0 Å². The zero-order chi connectivity index (χ0) is 10.3. The average Bonchev–Trinajstić information content (AvgIpc) is 2.46. The first-order valence-corrected chi connectivity index (χ1v) is 4.33. The third-order valence-corrected chi connectivity index (χ3v) is 2.35. The van der Waals surface area contributed by atoms with E-state index in [9.17, 15) is 4.79 Å². The van der Waals surface area contributed by atoms with Crippen molar-refractivity contribution < 1.29 is 14.3 Å². The van der Waals surface area contributed by atoms with Crippen molar-refractivity contribution in [2.24, 2.45) is 0 Å². The fourth-order valence-electron chi connectivity index (χ4n) is 1.59. The van der Waals surface area contributed by atoms with Crippen molar-refractivity contribution in [2.75, 3.05) is 0 Å². The second-order valence-electron chi connectivity index (χ2n) is 3.31. The molecule has 0 bridgehead atoms. The maximum atomic E-state index is 10.8. The van der Waals surface area contributed by atoms with E-state index >= 15 is 0 Å². The molecule has 1 aromatic carbocycles. The van der Waals surface area contributed by atoms with E-state index in [0.29, 0.717) is 11.1 Å². The first kappa shape index (κ1) is 8.81. The second kappa shape index (κ2) is 2.87. The average molecular weight is 190 g/mol. The molecular weight excluding hydrogens is 180 g/mol. The van der Waals surface area contributed by atoms with Crippen LogP contribution in [0, 0.1) is 13.8 Å². The van der Waals surface area contributed by atoms with Gasteiger partial charge in [0, 0.05) is 10.9 Å². The van der Waals surface area contributed by atoms with Crippen LogP contribution in [0.25, 0.3) is 11.0 Å². The molecule has 0 spiro atoms. The Balaban J connectivity index is 2.86. The summed E-state index contributed by atoms with van der Waals surface area (Å²) >= 11 is 0. The van der Waals surface area contributed by atoms with Crippen LogP contribution in [-0.2, 0) is 0 Å². The Bertz CT molecular complexity index is 508. The Labute approximate surface area is 81.0 Å². The van der Waals surface area contributed by atoms with Crippen molar-refractivity contribution in [2.45, 2.75) is 13.8 Å². The maximum Gasteiger partial charge on any atom is 0.372 e. The molecule has 0 fully saturated rings. The van der Waals surface area contributed by atoms with Crippen molar-refractivity contribution in [3.8, 4) is 0 Å². The third-order valence-electron chi connectivity index (χ3n) is 2.35.